The fourth-order valence-electron chi connectivity index (χ4n) is 2.11. The van der Waals surface area contributed by atoms with Gasteiger partial charge in [-0.05, 0) is 42.3 Å². The Morgan fingerprint density at radius 3 is 2.93 bits per heavy atom. The van der Waals surface area contributed by atoms with E-state index in [0.29, 0.717) is 0 Å². The van der Waals surface area contributed by atoms with Crippen LogP contribution in [0.15, 0.2) is 23.6 Å². The Bertz CT molecular complexity index is 434. The lowest BCUT2D eigenvalue weighted by molar-refractivity contribution is 0.896. The predicted molar refractivity (Wildman–Crippen MR) is 66.7 cm³/mol. The molecule has 1 aliphatic rings. The Balaban J connectivity index is 1.93. The van der Waals surface area contributed by atoms with Gasteiger partial charge in [0.15, 0.2) is 0 Å². The predicted octanol–water partition coefficient (Wildman–Crippen LogP) is 3.35. The molecule has 3 rings (SSSR count). The van der Waals surface area contributed by atoms with E-state index >= 15 is 0 Å². The first kappa shape index (κ1) is 9.58. The monoisotopic (exact) mass is 235 g/mol. The zero-order valence-electron chi connectivity index (χ0n) is 8.40. The Hall–Kier alpha value is -0.640. The van der Waals surface area contributed by atoms with Gasteiger partial charge in [-0.15, -0.1) is 22.7 Å². The maximum Gasteiger partial charge on any atom is 0.0740 e. The molecule has 2 N–H and O–H groups in total. The fraction of sp³-hybridized carbons (Fsp3) is 0.333. The summed E-state index contributed by atoms with van der Waals surface area (Å²) in [5.74, 6) is 0. The molecule has 1 atom stereocenters. The zero-order chi connectivity index (χ0) is 10.3. The summed E-state index contributed by atoms with van der Waals surface area (Å²) in [7, 11) is 0. The van der Waals surface area contributed by atoms with Crippen LogP contribution in [-0.2, 0) is 12.8 Å². The summed E-state index contributed by atoms with van der Waals surface area (Å²) in [5, 5.41) is 2.09. The number of hydrogen-bond donors (Lipinski definition) is 1. The molecule has 15 heavy (non-hydrogen) atoms. The standard InChI is InChI=1S/C12H13NS2/c13-12(10-5-2-6-14-10)11-7-8-3-1-4-9(8)15-11/h2,5-7,12H,1,3-4,13H2. The van der Waals surface area contributed by atoms with Gasteiger partial charge < -0.3 is 5.73 Å². The van der Waals surface area contributed by atoms with Crippen LogP contribution in [0.5, 0.6) is 0 Å². The van der Waals surface area contributed by atoms with Gasteiger partial charge in [0, 0.05) is 14.6 Å². The third-order valence-corrected chi connectivity index (χ3v) is 5.20. The first-order valence-corrected chi connectivity index (χ1v) is 6.94. The van der Waals surface area contributed by atoms with E-state index < -0.39 is 0 Å². The van der Waals surface area contributed by atoms with Crippen molar-refractivity contribution in [3.8, 4) is 0 Å². The molecule has 0 radical (unpaired) electrons. The molecular formula is C12H13NS2. The molecule has 0 aromatic carbocycles. The molecule has 0 amide bonds. The summed E-state index contributed by atoms with van der Waals surface area (Å²) in [6.07, 6.45) is 3.84. The van der Waals surface area contributed by atoms with Gasteiger partial charge in [-0.2, -0.15) is 0 Å². The molecule has 3 heteroatoms. The quantitative estimate of drug-likeness (QED) is 0.849. The van der Waals surface area contributed by atoms with Gasteiger partial charge in [0.1, 0.15) is 0 Å². The minimum absolute atomic E-state index is 0.0978. The summed E-state index contributed by atoms with van der Waals surface area (Å²) in [6.45, 7) is 0. The Morgan fingerprint density at radius 2 is 2.20 bits per heavy atom. The van der Waals surface area contributed by atoms with Crippen molar-refractivity contribution in [2.24, 2.45) is 5.73 Å². The van der Waals surface area contributed by atoms with Crippen LogP contribution in [0.2, 0.25) is 0 Å². The van der Waals surface area contributed by atoms with Crippen LogP contribution in [0.25, 0.3) is 0 Å². The van der Waals surface area contributed by atoms with E-state index in [0.717, 1.165) is 0 Å². The molecule has 0 bridgehead atoms. The summed E-state index contributed by atoms with van der Waals surface area (Å²) in [4.78, 5) is 4.18. The number of fused-ring (bicyclic) bond motifs is 1. The van der Waals surface area contributed by atoms with Crippen LogP contribution < -0.4 is 5.73 Å². The molecule has 2 heterocycles. The number of nitrogens with two attached hydrogens (primary N) is 1. The minimum Gasteiger partial charge on any atom is -0.319 e. The normalized spacial score (nSPS) is 16.6. The minimum atomic E-state index is 0.0978. The summed E-state index contributed by atoms with van der Waals surface area (Å²) in [5.41, 5.74) is 7.79. The van der Waals surface area contributed by atoms with Crippen molar-refractivity contribution < 1.29 is 0 Å². The smallest absolute Gasteiger partial charge is 0.0740 e. The molecule has 0 aliphatic heterocycles. The molecule has 78 valence electrons. The largest absolute Gasteiger partial charge is 0.319 e. The summed E-state index contributed by atoms with van der Waals surface area (Å²) >= 11 is 3.66. The van der Waals surface area contributed by atoms with Gasteiger partial charge in [-0.1, -0.05) is 6.07 Å². The average molecular weight is 235 g/mol. The highest BCUT2D eigenvalue weighted by molar-refractivity contribution is 7.13. The van der Waals surface area contributed by atoms with E-state index in [2.05, 4.69) is 23.6 Å². The Labute approximate surface area is 97.6 Å². The number of aryl methyl sites for hydroxylation is 2. The topological polar surface area (TPSA) is 26.0 Å². The van der Waals surface area contributed by atoms with Crippen molar-refractivity contribution in [1.82, 2.24) is 0 Å². The molecule has 0 spiro atoms. The second-order valence-electron chi connectivity index (χ2n) is 3.94. The maximum absolute atomic E-state index is 6.24. The van der Waals surface area contributed by atoms with Crippen LogP contribution in [-0.4, -0.2) is 0 Å². The van der Waals surface area contributed by atoms with Gasteiger partial charge in [0.25, 0.3) is 0 Å². The maximum atomic E-state index is 6.24. The first-order chi connectivity index (χ1) is 7.34. The lowest BCUT2D eigenvalue weighted by Crippen LogP contribution is -2.08. The number of rotatable bonds is 2. The van der Waals surface area contributed by atoms with Crippen molar-refractivity contribution in [1.29, 1.82) is 0 Å². The van der Waals surface area contributed by atoms with E-state index in [4.69, 9.17) is 5.73 Å². The van der Waals surface area contributed by atoms with Gasteiger partial charge in [0.2, 0.25) is 0 Å². The van der Waals surface area contributed by atoms with Crippen molar-refractivity contribution in [2.75, 3.05) is 0 Å². The van der Waals surface area contributed by atoms with Gasteiger partial charge in [-0.3, -0.25) is 0 Å². The van der Waals surface area contributed by atoms with E-state index in [9.17, 15) is 0 Å². The van der Waals surface area contributed by atoms with Crippen molar-refractivity contribution in [3.05, 3.63) is 43.8 Å². The highest BCUT2D eigenvalue weighted by atomic mass is 32.1. The van der Waals surface area contributed by atoms with Crippen LogP contribution >= 0.6 is 22.7 Å². The second-order valence-corrected chi connectivity index (χ2v) is 6.09. The van der Waals surface area contributed by atoms with Crippen molar-refractivity contribution in [3.63, 3.8) is 0 Å². The Kier molecular flexibility index (Phi) is 2.39. The molecule has 0 fully saturated rings. The van der Waals surface area contributed by atoms with Gasteiger partial charge in [0.05, 0.1) is 6.04 Å². The third-order valence-electron chi connectivity index (χ3n) is 2.92. The molecule has 2 aromatic heterocycles. The van der Waals surface area contributed by atoms with E-state index in [-0.39, 0.29) is 6.04 Å². The third kappa shape index (κ3) is 1.65. The first-order valence-electron chi connectivity index (χ1n) is 5.25. The van der Waals surface area contributed by atoms with E-state index in [1.54, 1.807) is 21.8 Å². The van der Waals surface area contributed by atoms with Crippen LogP contribution in [0, 0.1) is 0 Å². The number of thiophene rings is 2. The summed E-state index contributed by atoms with van der Waals surface area (Å²) < 4.78 is 0. The molecule has 2 aromatic rings. The van der Waals surface area contributed by atoms with Crippen molar-refractivity contribution >= 4 is 22.7 Å². The molecule has 1 nitrogen and oxygen atoms in total. The van der Waals surface area contributed by atoms with Crippen LogP contribution in [0.4, 0.5) is 0 Å². The lowest BCUT2D eigenvalue weighted by Gasteiger charge is -2.06. The molecular weight excluding hydrogens is 222 g/mol. The van der Waals surface area contributed by atoms with Gasteiger partial charge in [-0.25, -0.2) is 0 Å². The zero-order valence-corrected chi connectivity index (χ0v) is 10.0. The molecule has 1 unspecified atom stereocenters. The van der Waals surface area contributed by atoms with E-state index in [1.165, 1.54) is 29.0 Å². The lowest BCUT2D eigenvalue weighted by atomic mass is 10.2. The van der Waals surface area contributed by atoms with Crippen molar-refractivity contribution in [2.45, 2.75) is 25.3 Å². The van der Waals surface area contributed by atoms with Gasteiger partial charge >= 0.3 is 0 Å². The Morgan fingerprint density at radius 1 is 1.27 bits per heavy atom. The second kappa shape index (κ2) is 3.74. The fourth-order valence-corrected chi connectivity index (χ4v) is 4.21. The highest BCUT2D eigenvalue weighted by Crippen LogP contribution is 2.35. The molecule has 1 aliphatic carbocycles. The highest BCUT2D eigenvalue weighted by Gasteiger charge is 2.19. The summed E-state index contributed by atoms with van der Waals surface area (Å²) in [6, 6.07) is 6.61. The number of hydrogen-bond acceptors (Lipinski definition) is 3. The molecule has 0 saturated carbocycles. The van der Waals surface area contributed by atoms with Crippen LogP contribution in [0.1, 0.15) is 32.7 Å². The SMILES string of the molecule is NC(c1cccs1)c1cc2c(s1)CCC2. The average Bonchev–Trinajstić information content (AvgIpc) is 2.92. The van der Waals surface area contributed by atoms with E-state index in [1.807, 2.05) is 11.3 Å². The van der Waals surface area contributed by atoms with Crippen LogP contribution in [0.3, 0.4) is 0 Å². The molecule has 0 saturated heterocycles.